The van der Waals surface area contributed by atoms with Gasteiger partial charge in [0.1, 0.15) is 41.7 Å². The third kappa shape index (κ3) is 8.88. The highest BCUT2D eigenvalue weighted by atomic mass is 19.1. The number of amidine groups is 1. The number of benzene rings is 2. The number of pyridine rings is 1. The molecule has 2 amide bonds. The maximum absolute atomic E-state index is 14.3. The average Bonchev–Trinajstić information content (AvgIpc) is 3.52. The van der Waals surface area contributed by atoms with Crippen molar-refractivity contribution in [3.63, 3.8) is 0 Å². The Labute approximate surface area is 284 Å². The van der Waals surface area contributed by atoms with Crippen molar-refractivity contribution in [1.29, 1.82) is 0 Å². The molecule has 49 heavy (non-hydrogen) atoms. The Balaban J connectivity index is 1.02. The first-order valence-corrected chi connectivity index (χ1v) is 16.7. The molecular formula is C37H41F2N7O3. The molecule has 6 rings (SSSR count). The first kappa shape index (κ1) is 33.8. The van der Waals surface area contributed by atoms with Crippen molar-refractivity contribution in [3.8, 4) is 16.9 Å². The summed E-state index contributed by atoms with van der Waals surface area (Å²) in [5, 5.41) is 12.6. The minimum atomic E-state index is -0.612. The minimum absolute atomic E-state index is 0.0580. The number of nitrogens with one attached hydrogen (secondary N) is 4. The van der Waals surface area contributed by atoms with E-state index in [1.165, 1.54) is 18.3 Å². The number of carbonyl (C=O) groups is 2. The van der Waals surface area contributed by atoms with E-state index in [1.54, 1.807) is 11.0 Å². The molecular weight excluding hydrogens is 628 g/mol. The van der Waals surface area contributed by atoms with Crippen molar-refractivity contribution in [2.75, 3.05) is 25.0 Å². The smallest absolute Gasteiger partial charge is 0.255 e. The Morgan fingerprint density at radius 3 is 2.47 bits per heavy atom. The number of halogens is 2. The number of allylic oxidation sites excluding steroid dienone is 2. The van der Waals surface area contributed by atoms with Gasteiger partial charge in [0, 0.05) is 36.6 Å². The van der Waals surface area contributed by atoms with Crippen LogP contribution < -0.4 is 26.0 Å². The van der Waals surface area contributed by atoms with Gasteiger partial charge in [-0.15, -0.1) is 0 Å². The van der Waals surface area contributed by atoms with Gasteiger partial charge < -0.3 is 30.9 Å². The summed E-state index contributed by atoms with van der Waals surface area (Å²) in [5.74, 6) is -0.00267. The highest BCUT2D eigenvalue weighted by molar-refractivity contribution is 6.00. The van der Waals surface area contributed by atoms with Crippen molar-refractivity contribution < 1.29 is 23.1 Å². The third-order valence-electron chi connectivity index (χ3n) is 8.67. The normalized spacial score (nSPS) is 19.9. The topological polar surface area (TPSA) is 120 Å². The summed E-state index contributed by atoms with van der Waals surface area (Å²) in [7, 11) is 0. The lowest BCUT2D eigenvalue weighted by Crippen LogP contribution is -2.46. The second kappa shape index (κ2) is 15.4. The SMILES string of the molecule is CC(C)NCCOc1ccc(-c2cccc(Nc3ncc(F)cc3C(=O)NC3CCC(NC(=O)C4CN5C=C(F)C=CC5=N4)CC3)c2)cc1. The minimum Gasteiger partial charge on any atom is -0.492 e. The number of anilines is 2. The Bertz CT molecular complexity index is 1750. The Kier molecular flexibility index (Phi) is 10.6. The maximum atomic E-state index is 14.3. The highest BCUT2D eigenvalue weighted by Crippen LogP contribution is 2.28. The largest absolute Gasteiger partial charge is 0.492 e. The fourth-order valence-corrected chi connectivity index (χ4v) is 6.13. The molecule has 12 heteroatoms. The summed E-state index contributed by atoms with van der Waals surface area (Å²) < 4.78 is 33.7. The van der Waals surface area contributed by atoms with Gasteiger partial charge in [-0.1, -0.05) is 38.1 Å². The summed E-state index contributed by atoms with van der Waals surface area (Å²) in [4.78, 5) is 36.5. The number of aliphatic imine (C=N–C) groups is 1. The van der Waals surface area contributed by atoms with E-state index >= 15 is 0 Å². The highest BCUT2D eigenvalue weighted by Gasteiger charge is 2.32. The fourth-order valence-electron chi connectivity index (χ4n) is 6.13. The number of aromatic nitrogens is 1. The molecule has 1 unspecified atom stereocenters. The molecule has 1 aliphatic carbocycles. The van der Waals surface area contributed by atoms with Gasteiger partial charge in [-0.2, -0.15) is 0 Å². The molecule has 3 heterocycles. The van der Waals surface area contributed by atoms with Gasteiger partial charge in [-0.3, -0.25) is 14.6 Å². The molecule has 0 bridgehead atoms. The maximum Gasteiger partial charge on any atom is 0.255 e. The molecule has 1 aromatic heterocycles. The third-order valence-corrected chi connectivity index (χ3v) is 8.67. The average molecular weight is 670 g/mol. The van der Waals surface area contributed by atoms with Crippen LogP contribution in [0.25, 0.3) is 11.1 Å². The number of hydrogen-bond acceptors (Lipinski definition) is 8. The lowest BCUT2D eigenvalue weighted by molar-refractivity contribution is -0.123. The number of ether oxygens (including phenoxy) is 1. The van der Waals surface area contributed by atoms with Crippen molar-refractivity contribution in [1.82, 2.24) is 25.8 Å². The van der Waals surface area contributed by atoms with E-state index < -0.39 is 17.8 Å². The van der Waals surface area contributed by atoms with Crippen LogP contribution in [-0.2, 0) is 4.79 Å². The summed E-state index contributed by atoms with van der Waals surface area (Å²) in [6.45, 7) is 5.83. The number of rotatable bonds is 12. The first-order valence-electron chi connectivity index (χ1n) is 16.7. The van der Waals surface area contributed by atoms with Crippen LogP contribution in [0.2, 0.25) is 0 Å². The number of fused-ring (bicyclic) bond motifs is 1. The molecule has 0 saturated heterocycles. The molecule has 0 spiro atoms. The fraction of sp³-hybridized carbons (Fsp3) is 0.351. The first-order chi connectivity index (χ1) is 23.7. The Morgan fingerprint density at radius 2 is 1.71 bits per heavy atom. The molecule has 3 aliphatic rings. The van der Waals surface area contributed by atoms with Gasteiger partial charge >= 0.3 is 0 Å². The van der Waals surface area contributed by atoms with Gasteiger partial charge in [0.2, 0.25) is 5.91 Å². The number of amides is 2. The van der Waals surface area contributed by atoms with Crippen LogP contribution in [-0.4, -0.2) is 71.4 Å². The molecule has 0 radical (unpaired) electrons. The van der Waals surface area contributed by atoms with Crippen LogP contribution >= 0.6 is 0 Å². The Hall–Kier alpha value is -5.10. The van der Waals surface area contributed by atoms with Gasteiger partial charge in [0.15, 0.2) is 0 Å². The summed E-state index contributed by atoms with van der Waals surface area (Å²) in [6.07, 6.45) is 7.93. The van der Waals surface area contributed by atoms with Crippen molar-refractivity contribution >= 4 is 29.2 Å². The summed E-state index contributed by atoms with van der Waals surface area (Å²) >= 11 is 0. The zero-order chi connectivity index (χ0) is 34.3. The monoisotopic (exact) mass is 669 g/mol. The lowest BCUT2D eigenvalue weighted by atomic mass is 9.90. The van der Waals surface area contributed by atoms with Crippen molar-refractivity contribution in [3.05, 3.63) is 96.4 Å². The summed E-state index contributed by atoms with van der Waals surface area (Å²) in [5.41, 5.74) is 2.74. The molecule has 2 aromatic carbocycles. The molecule has 3 aromatic rings. The second-order valence-corrected chi connectivity index (χ2v) is 12.8. The van der Waals surface area contributed by atoms with Crippen LogP contribution in [0.3, 0.4) is 0 Å². The molecule has 256 valence electrons. The van der Waals surface area contributed by atoms with Crippen molar-refractivity contribution in [2.24, 2.45) is 4.99 Å². The van der Waals surface area contributed by atoms with Crippen LogP contribution in [0, 0.1) is 5.82 Å². The standard InChI is InChI=1S/C37H41F2N7O3/c1-23(2)40-16-17-49-31-13-6-24(7-14-31)25-4-3-5-30(18-25)42-35-32(19-27(39)20-41-35)36(47)43-28-9-11-29(12-10-28)44-37(48)33-22-46-21-26(38)8-15-34(46)45-33/h3-8,13-15,18-21,23,28-29,33,40H,9-12,16-17,22H2,1-2H3,(H,41,42)(H,43,47)(H,44,48). The molecule has 2 aliphatic heterocycles. The van der Waals surface area contributed by atoms with E-state index in [-0.39, 0.29) is 35.2 Å². The number of carbonyl (C=O) groups excluding carboxylic acids is 2. The van der Waals surface area contributed by atoms with Crippen LogP contribution in [0.5, 0.6) is 5.75 Å². The van der Waals surface area contributed by atoms with Crippen LogP contribution in [0.4, 0.5) is 20.3 Å². The zero-order valence-corrected chi connectivity index (χ0v) is 27.6. The quantitative estimate of drug-likeness (QED) is 0.185. The number of nitrogens with zero attached hydrogens (tertiary/aromatic N) is 3. The van der Waals surface area contributed by atoms with E-state index in [9.17, 15) is 18.4 Å². The molecule has 1 fully saturated rings. The predicted octanol–water partition coefficient (Wildman–Crippen LogP) is 5.63. The Morgan fingerprint density at radius 1 is 0.959 bits per heavy atom. The molecule has 4 N–H and O–H groups in total. The van der Waals surface area contributed by atoms with Crippen LogP contribution in [0.1, 0.15) is 49.9 Å². The lowest BCUT2D eigenvalue weighted by Gasteiger charge is -2.30. The molecule has 1 saturated carbocycles. The van der Waals surface area contributed by atoms with Gasteiger partial charge in [-0.05, 0) is 79.3 Å². The van der Waals surface area contributed by atoms with Crippen molar-refractivity contribution in [2.45, 2.75) is 63.7 Å². The summed E-state index contributed by atoms with van der Waals surface area (Å²) in [6, 6.07) is 16.3. The van der Waals surface area contributed by atoms with E-state index in [1.807, 2.05) is 48.5 Å². The number of hydrogen-bond donors (Lipinski definition) is 4. The second-order valence-electron chi connectivity index (χ2n) is 12.8. The van der Waals surface area contributed by atoms with Gasteiger partial charge in [0.05, 0.1) is 18.3 Å². The van der Waals surface area contributed by atoms with Gasteiger partial charge in [0.25, 0.3) is 5.91 Å². The molecule has 1 atom stereocenters. The van der Waals surface area contributed by atoms with E-state index in [4.69, 9.17) is 4.74 Å². The zero-order valence-electron chi connectivity index (χ0n) is 27.6. The van der Waals surface area contributed by atoms with E-state index in [2.05, 4.69) is 45.1 Å². The predicted molar refractivity (Wildman–Crippen MR) is 186 cm³/mol. The van der Waals surface area contributed by atoms with E-state index in [0.717, 1.165) is 29.6 Å². The van der Waals surface area contributed by atoms with Gasteiger partial charge in [-0.25, -0.2) is 13.8 Å². The van der Waals surface area contributed by atoms with E-state index in [0.29, 0.717) is 56.4 Å². The molecule has 10 nitrogen and oxygen atoms in total. The van der Waals surface area contributed by atoms with Crippen LogP contribution in [0.15, 0.2) is 90.0 Å².